The predicted octanol–water partition coefficient (Wildman–Crippen LogP) is 1.87. The van der Waals surface area contributed by atoms with Gasteiger partial charge in [0.2, 0.25) is 0 Å². The van der Waals surface area contributed by atoms with Gasteiger partial charge in [0.25, 0.3) is 0 Å². The summed E-state index contributed by atoms with van der Waals surface area (Å²) in [6.45, 7) is 7.99. The quantitative estimate of drug-likeness (QED) is 0.678. The van der Waals surface area contributed by atoms with E-state index in [4.69, 9.17) is 9.47 Å². The molecule has 0 bridgehead atoms. The van der Waals surface area contributed by atoms with E-state index in [1.807, 2.05) is 0 Å². The van der Waals surface area contributed by atoms with Crippen LogP contribution in [0.3, 0.4) is 0 Å². The van der Waals surface area contributed by atoms with Crippen molar-refractivity contribution in [3.8, 4) is 0 Å². The van der Waals surface area contributed by atoms with Gasteiger partial charge in [-0.05, 0) is 19.4 Å². The van der Waals surface area contributed by atoms with Gasteiger partial charge in [-0.15, -0.1) is 0 Å². The normalized spacial score (nSPS) is 29.4. The first-order valence-electron chi connectivity index (χ1n) is 5.67. The fourth-order valence-electron chi connectivity index (χ4n) is 2.12. The Morgan fingerprint density at radius 3 is 2.79 bits per heavy atom. The lowest BCUT2D eigenvalue weighted by Crippen LogP contribution is -2.57. The maximum absolute atomic E-state index is 5.69. The second-order valence-electron chi connectivity index (χ2n) is 3.89. The molecule has 14 heavy (non-hydrogen) atoms. The third kappa shape index (κ3) is 2.47. The predicted molar refractivity (Wildman–Crippen MR) is 57.3 cm³/mol. The van der Waals surface area contributed by atoms with Gasteiger partial charge in [-0.1, -0.05) is 20.3 Å². The second kappa shape index (κ2) is 5.69. The molecule has 1 fully saturated rings. The van der Waals surface area contributed by atoms with E-state index in [1.54, 1.807) is 7.11 Å². The average Bonchev–Trinajstić information content (AvgIpc) is 2.26. The first-order valence-corrected chi connectivity index (χ1v) is 5.67. The minimum atomic E-state index is -0.150. The number of ether oxygens (including phenoxy) is 2. The maximum atomic E-state index is 5.69. The van der Waals surface area contributed by atoms with E-state index in [0.717, 1.165) is 32.7 Å². The summed E-state index contributed by atoms with van der Waals surface area (Å²) in [4.78, 5) is 2.40. The molecule has 0 aromatic heterocycles. The van der Waals surface area contributed by atoms with Crippen molar-refractivity contribution in [3.05, 3.63) is 0 Å². The van der Waals surface area contributed by atoms with Crippen molar-refractivity contribution in [2.45, 2.75) is 38.8 Å². The minimum absolute atomic E-state index is 0.150. The molecule has 1 aliphatic rings. The smallest absolute Gasteiger partial charge is 0.144 e. The SMILES string of the molecule is CCCCC1(OC)COCCN1CC. The summed E-state index contributed by atoms with van der Waals surface area (Å²) in [5.74, 6) is 0. The Morgan fingerprint density at radius 2 is 2.21 bits per heavy atom. The van der Waals surface area contributed by atoms with Crippen LogP contribution in [0.1, 0.15) is 33.1 Å². The lowest BCUT2D eigenvalue weighted by Gasteiger charge is -2.45. The Hall–Kier alpha value is -0.120. The molecule has 1 aliphatic heterocycles. The summed E-state index contributed by atoms with van der Waals surface area (Å²) in [7, 11) is 1.80. The van der Waals surface area contributed by atoms with Crippen molar-refractivity contribution in [2.75, 3.05) is 33.4 Å². The fourth-order valence-corrected chi connectivity index (χ4v) is 2.12. The number of nitrogens with zero attached hydrogens (tertiary/aromatic N) is 1. The zero-order valence-corrected chi connectivity index (χ0v) is 9.71. The van der Waals surface area contributed by atoms with E-state index in [0.29, 0.717) is 0 Å². The third-order valence-corrected chi connectivity index (χ3v) is 3.09. The Bertz CT molecular complexity index is 163. The van der Waals surface area contributed by atoms with Crippen molar-refractivity contribution in [1.82, 2.24) is 4.90 Å². The number of hydrogen-bond acceptors (Lipinski definition) is 3. The van der Waals surface area contributed by atoms with Crippen LogP contribution < -0.4 is 0 Å². The highest BCUT2D eigenvalue weighted by atomic mass is 16.6. The number of hydrogen-bond donors (Lipinski definition) is 0. The lowest BCUT2D eigenvalue weighted by atomic mass is 10.0. The van der Waals surface area contributed by atoms with E-state index in [-0.39, 0.29) is 5.72 Å². The van der Waals surface area contributed by atoms with E-state index < -0.39 is 0 Å². The van der Waals surface area contributed by atoms with Crippen molar-refractivity contribution >= 4 is 0 Å². The highest BCUT2D eigenvalue weighted by Gasteiger charge is 2.38. The molecule has 1 unspecified atom stereocenters. The molecule has 84 valence electrons. The summed E-state index contributed by atoms with van der Waals surface area (Å²) in [5.41, 5.74) is -0.150. The average molecular weight is 201 g/mol. The molecule has 0 aromatic carbocycles. The first kappa shape index (κ1) is 12.0. The van der Waals surface area contributed by atoms with Gasteiger partial charge >= 0.3 is 0 Å². The van der Waals surface area contributed by atoms with Gasteiger partial charge in [-0.2, -0.15) is 0 Å². The number of likely N-dealkylation sites (N-methyl/N-ethyl adjacent to an activating group) is 1. The van der Waals surface area contributed by atoms with Crippen LogP contribution in [0.2, 0.25) is 0 Å². The molecule has 0 amide bonds. The van der Waals surface area contributed by atoms with Gasteiger partial charge in [-0.3, -0.25) is 4.90 Å². The molecule has 1 heterocycles. The van der Waals surface area contributed by atoms with Crippen LogP contribution >= 0.6 is 0 Å². The van der Waals surface area contributed by atoms with Crippen LogP contribution in [0.4, 0.5) is 0 Å². The molecule has 1 saturated heterocycles. The maximum Gasteiger partial charge on any atom is 0.144 e. The number of methoxy groups -OCH3 is 1. The summed E-state index contributed by atoms with van der Waals surface area (Å²) >= 11 is 0. The van der Waals surface area contributed by atoms with Gasteiger partial charge < -0.3 is 9.47 Å². The molecule has 3 nitrogen and oxygen atoms in total. The Morgan fingerprint density at radius 1 is 1.43 bits per heavy atom. The van der Waals surface area contributed by atoms with Crippen LogP contribution in [0.25, 0.3) is 0 Å². The number of rotatable bonds is 5. The topological polar surface area (TPSA) is 21.7 Å². The first-order chi connectivity index (χ1) is 6.79. The molecular formula is C11H23NO2. The van der Waals surface area contributed by atoms with Gasteiger partial charge in [-0.25, -0.2) is 0 Å². The van der Waals surface area contributed by atoms with Crippen LogP contribution in [0.5, 0.6) is 0 Å². The zero-order chi connectivity index (χ0) is 10.4. The molecule has 0 aromatic rings. The Kier molecular flexibility index (Phi) is 4.85. The summed E-state index contributed by atoms with van der Waals surface area (Å²) < 4.78 is 11.2. The molecule has 0 saturated carbocycles. The van der Waals surface area contributed by atoms with Gasteiger partial charge in [0.05, 0.1) is 13.2 Å². The van der Waals surface area contributed by atoms with E-state index >= 15 is 0 Å². The summed E-state index contributed by atoms with van der Waals surface area (Å²) in [5, 5.41) is 0. The van der Waals surface area contributed by atoms with E-state index in [2.05, 4.69) is 18.7 Å². The van der Waals surface area contributed by atoms with Gasteiger partial charge in [0, 0.05) is 13.7 Å². The molecule has 0 aliphatic carbocycles. The molecule has 3 heteroatoms. The molecule has 1 atom stereocenters. The van der Waals surface area contributed by atoms with Crippen molar-refractivity contribution in [2.24, 2.45) is 0 Å². The molecule has 1 rings (SSSR count). The van der Waals surface area contributed by atoms with Crippen molar-refractivity contribution < 1.29 is 9.47 Å². The van der Waals surface area contributed by atoms with Crippen molar-refractivity contribution in [3.63, 3.8) is 0 Å². The standard InChI is InChI=1S/C11H23NO2/c1-4-6-7-11(13-3)10-14-9-8-12(11)5-2/h4-10H2,1-3H3. The number of morpholine rings is 1. The van der Waals surface area contributed by atoms with Gasteiger partial charge in [0.1, 0.15) is 5.72 Å². The monoisotopic (exact) mass is 201 g/mol. The Labute approximate surface area is 87.4 Å². The van der Waals surface area contributed by atoms with Crippen molar-refractivity contribution in [1.29, 1.82) is 0 Å². The summed E-state index contributed by atoms with van der Waals surface area (Å²) in [6.07, 6.45) is 3.49. The van der Waals surface area contributed by atoms with Crippen LogP contribution in [0.15, 0.2) is 0 Å². The summed E-state index contributed by atoms with van der Waals surface area (Å²) in [6, 6.07) is 0. The number of unbranched alkanes of at least 4 members (excludes halogenated alkanes) is 1. The highest BCUT2D eigenvalue weighted by molar-refractivity contribution is 4.83. The van der Waals surface area contributed by atoms with E-state index in [1.165, 1.54) is 12.8 Å². The van der Waals surface area contributed by atoms with Gasteiger partial charge in [0.15, 0.2) is 0 Å². The third-order valence-electron chi connectivity index (χ3n) is 3.09. The lowest BCUT2D eigenvalue weighted by molar-refractivity contribution is -0.209. The van der Waals surface area contributed by atoms with Crippen LogP contribution in [0, 0.1) is 0 Å². The van der Waals surface area contributed by atoms with Crippen LogP contribution in [-0.4, -0.2) is 44.0 Å². The molecular weight excluding hydrogens is 178 g/mol. The Balaban J connectivity index is 2.60. The molecule has 0 spiro atoms. The second-order valence-corrected chi connectivity index (χ2v) is 3.89. The largest absolute Gasteiger partial charge is 0.376 e. The molecule has 0 radical (unpaired) electrons. The zero-order valence-electron chi connectivity index (χ0n) is 9.71. The highest BCUT2D eigenvalue weighted by Crippen LogP contribution is 2.26. The van der Waals surface area contributed by atoms with E-state index in [9.17, 15) is 0 Å². The minimum Gasteiger partial charge on any atom is -0.376 e. The fraction of sp³-hybridized carbons (Fsp3) is 1.00. The van der Waals surface area contributed by atoms with Crippen LogP contribution in [-0.2, 0) is 9.47 Å². The molecule has 0 N–H and O–H groups in total.